The van der Waals surface area contributed by atoms with E-state index in [1.54, 1.807) is 68.3 Å². The summed E-state index contributed by atoms with van der Waals surface area (Å²) < 4.78 is 26.9. The highest BCUT2D eigenvalue weighted by atomic mass is 32.4. The minimum absolute atomic E-state index is 0.644. The highest BCUT2D eigenvalue weighted by Crippen LogP contribution is 2.32. The molecule has 0 aliphatic heterocycles. The molecule has 0 aliphatic rings. The Morgan fingerprint density at radius 3 is 1.14 bits per heavy atom. The van der Waals surface area contributed by atoms with Crippen molar-refractivity contribution in [1.82, 2.24) is 14.3 Å². The van der Waals surface area contributed by atoms with Crippen LogP contribution in [0.4, 0.5) is 0 Å². The molecular weight excluding hydrogens is 649 g/mol. The zero-order chi connectivity index (χ0) is 30.5. The molecule has 0 amide bonds. The number of rotatable bonds is 15. The van der Waals surface area contributed by atoms with Crippen LogP contribution in [0.3, 0.4) is 0 Å². The van der Waals surface area contributed by atoms with Gasteiger partial charge in [0, 0.05) is 0 Å². The van der Waals surface area contributed by atoms with Gasteiger partial charge in [-0.1, -0.05) is 14.3 Å². The van der Waals surface area contributed by atoms with Crippen molar-refractivity contribution >= 4 is 75.3 Å². The van der Waals surface area contributed by atoms with Gasteiger partial charge in [0.15, 0.2) is 11.5 Å². The molecule has 0 aromatic heterocycles. The summed E-state index contributed by atoms with van der Waals surface area (Å²) >= 11 is 16.2. The third-order valence-corrected chi connectivity index (χ3v) is 11.0. The lowest BCUT2D eigenvalue weighted by molar-refractivity contribution is 0.415. The van der Waals surface area contributed by atoms with Crippen LogP contribution in [-0.4, -0.2) is 68.3 Å². The number of hydrogen-bond acceptors (Lipinski definition) is 10. The largest absolute Gasteiger partial charge is 0.540 e. The number of hydrazone groups is 3. The van der Waals surface area contributed by atoms with Gasteiger partial charge in [0.05, 0.1) is 54.0 Å². The van der Waals surface area contributed by atoms with Gasteiger partial charge in [-0.05, 0) is 89.5 Å². The summed E-state index contributed by atoms with van der Waals surface area (Å²) in [5.41, 5.74) is 2.70. The smallest absolute Gasteiger partial charge is 0.497 e. The average Bonchev–Trinajstić information content (AvgIpc) is 3.02. The zero-order valence-electron chi connectivity index (χ0n) is 23.5. The molecule has 42 heavy (non-hydrogen) atoms. The van der Waals surface area contributed by atoms with Crippen molar-refractivity contribution in [3.63, 3.8) is 0 Å². The Balaban J connectivity index is 1.48. The van der Waals surface area contributed by atoms with Crippen LogP contribution in [0.1, 0.15) is 16.7 Å². The summed E-state index contributed by atoms with van der Waals surface area (Å²) in [4.78, 5) is 0. The number of nitrogens with zero attached hydrogens (tertiary/aromatic N) is 6. The molecule has 0 saturated carbocycles. The lowest BCUT2D eigenvalue weighted by Gasteiger charge is -2.04. The maximum Gasteiger partial charge on any atom is 0.540 e. The summed E-state index contributed by atoms with van der Waals surface area (Å²) in [7, 11) is 4.58. The van der Waals surface area contributed by atoms with Gasteiger partial charge in [0.1, 0.15) is 5.75 Å². The van der Waals surface area contributed by atoms with Gasteiger partial charge < -0.3 is 4.74 Å². The van der Waals surface area contributed by atoms with Crippen molar-refractivity contribution in [3.05, 3.63) is 89.5 Å². The maximum absolute atomic E-state index is 5.90. The monoisotopic (exact) mass is 679 g/mol. The Morgan fingerprint density at radius 2 is 0.833 bits per heavy atom. The molecule has 0 bridgehead atoms. The van der Waals surface area contributed by atoms with Gasteiger partial charge in [0.25, 0.3) is 0 Å². The standard InChI is InChI=1S/C26H30N6O4P3S3/c1-30(37(40)34-5)27-18-22-8-14-25(15-9-22)35-39(42)32(3)29-20-23-10-16-26(17-11-23)36-38(41)31(2)28-19-21-6-12-24(33-4)13-7-21/h6-20H,1-5H3/q+3/b27-18-,28-19-,29-20-. The molecule has 0 saturated heterocycles. The molecule has 0 spiro atoms. The number of benzene rings is 3. The summed E-state index contributed by atoms with van der Waals surface area (Å²) in [6, 6.07) is 22.5. The fourth-order valence-corrected chi connectivity index (χ4v) is 5.29. The number of methoxy groups -OCH3 is 1. The third-order valence-electron chi connectivity index (χ3n) is 5.23. The molecule has 3 atom stereocenters. The van der Waals surface area contributed by atoms with Crippen molar-refractivity contribution < 1.29 is 18.3 Å². The molecule has 0 aliphatic carbocycles. The first-order chi connectivity index (χ1) is 20.2. The van der Waals surface area contributed by atoms with E-state index >= 15 is 0 Å². The topological polar surface area (TPSA) is 83.7 Å². The maximum atomic E-state index is 5.90. The molecule has 3 aromatic carbocycles. The molecule has 3 aromatic rings. The van der Waals surface area contributed by atoms with Crippen LogP contribution in [0.2, 0.25) is 0 Å². The fraction of sp³-hybridized carbons (Fsp3) is 0.192. The van der Waals surface area contributed by atoms with Gasteiger partial charge in [-0.2, -0.15) is 4.52 Å². The van der Waals surface area contributed by atoms with Crippen LogP contribution in [0, 0.1) is 0 Å². The summed E-state index contributed by atoms with van der Waals surface area (Å²) in [5.74, 6) is 2.08. The Labute approximate surface area is 264 Å². The van der Waals surface area contributed by atoms with E-state index in [2.05, 4.69) is 15.3 Å². The SMILES string of the molecule is COc1ccc(/C=N\N(C)[P+](=S)Oc2ccc(/C=N\N(C)[P+](=S)Oc3ccc(/C=N\N(C)[P+](=S)OC)cc3)cc2)cc1. The van der Waals surface area contributed by atoms with Crippen molar-refractivity contribution in [1.29, 1.82) is 0 Å². The zero-order valence-corrected chi connectivity index (χ0v) is 28.7. The van der Waals surface area contributed by atoms with Crippen LogP contribution < -0.4 is 13.8 Å². The summed E-state index contributed by atoms with van der Waals surface area (Å²) in [5, 5.41) is 13.1. The highest BCUT2D eigenvalue weighted by molar-refractivity contribution is 8.02. The lowest BCUT2D eigenvalue weighted by Crippen LogP contribution is -2.04. The molecule has 0 fully saturated rings. The predicted octanol–water partition coefficient (Wildman–Crippen LogP) is 6.62. The van der Waals surface area contributed by atoms with E-state index in [1.807, 2.05) is 72.8 Å². The first-order valence-corrected chi connectivity index (χ1v) is 18.8. The van der Waals surface area contributed by atoms with Gasteiger partial charge in [-0.15, -0.1) is 15.3 Å². The first-order valence-electron chi connectivity index (χ1n) is 12.2. The fourth-order valence-electron chi connectivity index (χ4n) is 2.91. The van der Waals surface area contributed by atoms with E-state index < -0.39 is 21.2 Å². The number of ether oxygens (including phenoxy) is 1. The van der Waals surface area contributed by atoms with Crippen molar-refractivity contribution in [2.24, 2.45) is 15.3 Å². The molecule has 0 N–H and O–H groups in total. The van der Waals surface area contributed by atoms with Gasteiger partial charge in [0.2, 0.25) is 35.4 Å². The minimum atomic E-state index is -1.41. The Hall–Kier alpha value is -3.01. The second-order valence-corrected chi connectivity index (χ2v) is 14.9. The van der Waals surface area contributed by atoms with Crippen LogP contribution in [-0.2, 0) is 39.9 Å². The van der Waals surface area contributed by atoms with Crippen molar-refractivity contribution in [2.45, 2.75) is 0 Å². The van der Waals surface area contributed by atoms with E-state index in [4.69, 9.17) is 53.7 Å². The predicted molar refractivity (Wildman–Crippen MR) is 183 cm³/mol. The van der Waals surface area contributed by atoms with Gasteiger partial charge in [-0.25, -0.2) is 0 Å². The second kappa shape index (κ2) is 17.2. The minimum Gasteiger partial charge on any atom is -0.497 e. The summed E-state index contributed by atoms with van der Waals surface area (Å²) in [6.07, 6.45) is 5.14. The van der Waals surface area contributed by atoms with E-state index in [0.29, 0.717) is 11.5 Å². The van der Waals surface area contributed by atoms with Crippen LogP contribution in [0.15, 0.2) is 88.1 Å². The lowest BCUT2D eigenvalue weighted by atomic mass is 10.2. The number of hydrogen-bond donors (Lipinski definition) is 0. The summed E-state index contributed by atoms with van der Waals surface area (Å²) in [6.45, 7) is 0. The molecule has 3 rings (SSSR count). The third kappa shape index (κ3) is 11.0. The Bertz CT molecular complexity index is 1460. The van der Waals surface area contributed by atoms with Crippen LogP contribution in [0.5, 0.6) is 17.2 Å². The molecular formula is C26H30N6O4P3S3+3. The van der Waals surface area contributed by atoms with Crippen molar-refractivity contribution in [2.75, 3.05) is 35.4 Å². The highest BCUT2D eigenvalue weighted by Gasteiger charge is 2.21. The van der Waals surface area contributed by atoms with Crippen LogP contribution in [0.25, 0.3) is 0 Å². The molecule has 16 heteroatoms. The van der Waals surface area contributed by atoms with E-state index in [1.165, 1.54) is 0 Å². The van der Waals surface area contributed by atoms with E-state index in [-0.39, 0.29) is 0 Å². The molecule has 10 nitrogen and oxygen atoms in total. The first kappa shape index (κ1) is 33.5. The average molecular weight is 680 g/mol. The molecule has 0 radical (unpaired) electrons. The van der Waals surface area contributed by atoms with E-state index in [0.717, 1.165) is 22.4 Å². The quantitative estimate of drug-likeness (QED) is 0.0994. The molecule has 3 unspecified atom stereocenters. The molecule has 0 heterocycles. The Morgan fingerprint density at radius 1 is 0.524 bits per heavy atom. The Kier molecular flexibility index (Phi) is 13.7. The van der Waals surface area contributed by atoms with E-state index in [9.17, 15) is 0 Å². The van der Waals surface area contributed by atoms with Gasteiger partial charge >= 0.3 is 21.2 Å². The van der Waals surface area contributed by atoms with Crippen molar-refractivity contribution in [3.8, 4) is 17.2 Å². The second-order valence-electron chi connectivity index (χ2n) is 8.19. The normalized spacial score (nSPS) is 12.4. The van der Waals surface area contributed by atoms with Gasteiger partial charge in [-0.3, -0.25) is 9.05 Å². The van der Waals surface area contributed by atoms with Crippen LogP contribution >= 0.6 is 21.2 Å². The molecule has 218 valence electrons.